The second-order valence-electron chi connectivity index (χ2n) is 4.85. The van der Waals surface area contributed by atoms with Crippen molar-refractivity contribution in [3.8, 4) is 0 Å². The van der Waals surface area contributed by atoms with Gasteiger partial charge in [-0.1, -0.05) is 6.92 Å². The third kappa shape index (κ3) is 2.70. The molecule has 1 fully saturated rings. The second-order valence-corrected chi connectivity index (χ2v) is 4.85. The van der Waals surface area contributed by atoms with Crippen LogP contribution in [0.4, 0.5) is 0 Å². The highest BCUT2D eigenvalue weighted by Gasteiger charge is 2.31. The van der Waals surface area contributed by atoms with Crippen LogP contribution in [0.3, 0.4) is 0 Å². The third-order valence-corrected chi connectivity index (χ3v) is 3.28. The molecule has 6 nitrogen and oxygen atoms in total. The van der Waals surface area contributed by atoms with Gasteiger partial charge in [-0.25, -0.2) is 0 Å². The van der Waals surface area contributed by atoms with Crippen LogP contribution < -0.4 is 10.6 Å². The lowest BCUT2D eigenvalue weighted by molar-refractivity contribution is 0.0561. The molecular weight excluding hydrogens is 232 g/mol. The number of aryl methyl sites for hydroxylation is 2. The van der Waals surface area contributed by atoms with Crippen molar-refractivity contribution in [2.75, 3.05) is 19.6 Å². The summed E-state index contributed by atoms with van der Waals surface area (Å²) in [6.45, 7) is 3.56. The number of nitrogens with one attached hydrogen (secondary N) is 2. The van der Waals surface area contributed by atoms with Gasteiger partial charge in [0.2, 0.25) is 0 Å². The average Bonchev–Trinajstić information content (AvgIpc) is 2.93. The molecule has 1 aliphatic heterocycles. The molecule has 18 heavy (non-hydrogen) atoms. The summed E-state index contributed by atoms with van der Waals surface area (Å²) in [5, 5.41) is 20.2. The molecule has 1 atom stereocenters. The Hall–Kier alpha value is -1.40. The fraction of sp³-hybridized carbons (Fsp3) is 0.667. The molecular formula is C12H20N4O2. The number of aromatic nitrogens is 2. The SMILES string of the molecule is CCc1nn(C)cc1C(=O)NCC1(O)CCNC1. The van der Waals surface area contributed by atoms with E-state index in [1.165, 1.54) is 0 Å². The van der Waals surface area contributed by atoms with E-state index in [1.54, 1.807) is 17.9 Å². The molecule has 0 radical (unpaired) electrons. The topological polar surface area (TPSA) is 79.2 Å². The van der Waals surface area contributed by atoms with Gasteiger partial charge in [0.05, 0.1) is 16.9 Å². The normalized spacial score (nSPS) is 23.3. The maximum absolute atomic E-state index is 12.0. The van der Waals surface area contributed by atoms with Crippen molar-refractivity contribution in [2.45, 2.75) is 25.4 Å². The lowest BCUT2D eigenvalue weighted by atomic mass is 10.0. The van der Waals surface area contributed by atoms with Crippen LogP contribution >= 0.6 is 0 Å². The number of carbonyl (C=O) groups excluding carboxylic acids is 1. The summed E-state index contributed by atoms with van der Waals surface area (Å²) in [4.78, 5) is 12.0. The molecule has 1 aromatic rings. The molecule has 1 aliphatic rings. The van der Waals surface area contributed by atoms with Crippen molar-refractivity contribution >= 4 is 5.91 Å². The van der Waals surface area contributed by atoms with Crippen LogP contribution in [-0.4, -0.2) is 46.0 Å². The maximum atomic E-state index is 12.0. The van der Waals surface area contributed by atoms with Crippen LogP contribution in [0.2, 0.25) is 0 Å². The zero-order valence-electron chi connectivity index (χ0n) is 10.9. The van der Waals surface area contributed by atoms with Gasteiger partial charge in [0.15, 0.2) is 0 Å². The van der Waals surface area contributed by atoms with Crippen molar-refractivity contribution < 1.29 is 9.90 Å². The predicted octanol–water partition coefficient (Wildman–Crippen LogP) is -0.563. The van der Waals surface area contributed by atoms with Crippen molar-refractivity contribution in [1.82, 2.24) is 20.4 Å². The lowest BCUT2D eigenvalue weighted by Crippen LogP contribution is -2.44. The Morgan fingerprint density at radius 1 is 1.72 bits per heavy atom. The highest BCUT2D eigenvalue weighted by atomic mass is 16.3. The Morgan fingerprint density at radius 2 is 2.50 bits per heavy atom. The predicted molar refractivity (Wildman–Crippen MR) is 67.4 cm³/mol. The molecule has 2 rings (SSSR count). The summed E-state index contributed by atoms with van der Waals surface area (Å²) in [6.07, 6.45) is 3.10. The number of rotatable bonds is 4. The molecule has 0 aromatic carbocycles. The molecule has 100 valence electrons. The first-order chi connectivity index (χ1) is 8.54. The van der Waals surface area contributed by atoms with Gasteiger partial charge in [-0.2, -0.15) is 5.10 Å². The number of hydrogen-bond donors (Lipinski definition) is 3. The van der Waals surface area contributed by atoms with E-state index in [0.717, 1.165) is 18.7 Å². The van der Waals surface area contributed by atoms with Crippen LogP contribution in [0.15, 0.2) is 6.20 Å². The molecule has 0 bridgehead atoms. The van der Waals surface area contributed by atoms with Crippen LogP contribution in [0, 0.1) is 0 Å². The van der Waals surface area contributed by atoms with E-state index in [4.69, 9.17) is 0 Å². The molecule has 1 amide bonds. The summed E-state index contributed by atoms with van der Waals surface area (Å²) < 4.78 is 1.64. The number of aliphatic hydroxyl groups is 1. The number of carbonyl (C=O) groups is 1. The summed E-state index contributed by atoms with van der Waals surface area (Å²) in [6, 6.07) is 0. The minimum Gasteiger partial charge on any atom is -0.387 e. The molecule has 1 unspecified atom stereocenters. The Balaban J connectivity index is 1.99. The molecule has 2 heterocycles. The zero-order chi connectivity index (χ0) is 13.2. The lowest BCUT2D eigenvalue weighted by Gasteiger charge is -2.21. The Bertz CT molecular complexity index is 435. The smallest absolute Gasteiger partial charge is 0.254 e. The number of β-amino-alcohol motifs (C(OH)–C–C–N with tert-alkyl or cyclic N) is 1. The Kier molecular flexibility index (Phi) is 3.68. The first-order valence-corrected chi connectivity index (χ1v) is 6.28. The fourth-order valence-electron chi connectivity index (χ4n) is 2.21. The van der Waals surface area contributed by atoms with Crippen molar-refractivity contribution in [1.29, 1.82) is 0 Å². The molecule has 6 heteroatoms. The van der Waals surface area contributed by atoms with E-state index in [9.17, 15) is 9.90 Å². The fourth-order valence-corrected chi connectivity index (χ4v) is 2.21. The van der Waals surface area contributed by atoms with E-state index in [0.29, 0.717) is 18.5 Å². The number of nitrogens with zero attached hydrogens (tertiary/aromatic N) is 2. The molecule has 0 spiro atoms. The average molecular weight is 252 g/mol. The second kappa shape index (κ2) is 5.07. The van der Waals surface area contributed by atoms with Gasteiger partial charge in [-0.3, -0.25) is 9.48 Å². The standard InChI is InChI=1S/C12H20N4O2/c1-3-10-9(6-16(2)15-10)11(17)14-8-12(18)4-5-13-7-12/h6,13,18H,3-5,7-8H2,1-2H3,(H,14,17). The first kappa shape index (κ1) is 13.0. The zero-order valence-corrected chi connectivity index (χ0v) is 10.9. The van der Waals surface area contributed by atoms with E-state index < -0.39 is 5.60 Å². The summed E-state index contributed by atoms with van der Waals surface area (Å²) in [5.41, 5.74) is 0.561. The maximum Gasteiger partial charge on any atom is 0.254 e. The number of amides is 1. The van der Waals surface area contributed by atoms with Crippen molar-refractivity contribution in [3.05, 3.63) is 17.5 Å². The highest BCUT2D eigenvalue weighted by Crippen LogP contribution is 2.13. The Labute approximate surface area is 106 Å². The monoisotopic (exact) mass is 252 g/mol. The van der Waals surface area contributed by atoms with Crippen LogP contribution in [-0.2, 0) is 13.5 Å². The van der Waals surface area contributed by atoms with Gasteiger partial charge < -0.3 is 15.7 Å². The highest BCUT2D eigenvalue weighted by molar-refractivity contribution is 5.95. The molecule has 0 aliphatic carbocycles. The summed E-state index contributed by atoms with van der Waals surface area (Å²) in [7, 11) is 1.80. The van der Waals surface area contributed by atoms with Crippen LogP contribution in [0.1, 0.15) is 29.4 Å². The van der Waals surface area contributed by atoms with Gasteiger partial charge in [0.25, 0.3) is 5.91 Å². The molecule has 1 saturated heterocycles. The third-order valence-electron chi connectivity index (χ3n) is 3.28. The molecule has 0 saturated carbocycles. The van der Waals surface area contributed by atoms with Gasteiger partial charge in [-0.15, -0.1) is 0 Å². The van der Waals surface area contributed by atoms with Crippen molar-refractivity contribution in [2.24, 2.45) is 7.05 Å². The van der Waals surface area contributed by atoms with E-state index in [2.05, 4.69) is 15.7 Å². The molecule has 1 aromatic heterocycles. The van der Waals surface area contributed by atoms with Crippen LogP contribution in [0.5, 0.6) is 0 Å². The van der Waals surface area contributed by atoms with E-state index in [-0.39, 0.29) is 12.5 Å². The van der Waals surface area contributed by atoms with Gasteiger partial charge in [0, 0.05) is 26.3 Å². The number of hydrogen-bond acceptors (Lipinski definition) is 4. The van der Waals surface area contributed by atoms with Gasteiger partial charge in [0.1, 0.15) is 0 Å². The van der Waals surface area contributed by atoms with E-state index >= 15 is 0 Å². The summed E-state index contributed by atoms with van der Waals surface area (Å²) in [5.74, 6) is -0.166. The first-order valence-electron chi connectivity index (χ1n) is 6.28. The van der Waals surface area contributed by atoms with Crippen LogP contribution in [0.25, 0.3) is 0 Å². The van der Waals surface area contributed by atoms with E-state index in [1.807, 2.05) is 6.92 Å². The van der Waals surface area contributed by atoms with Crippen molar-refractivity contribution in [3.63, 3.8) is 0 Å². The van der Waals surface area contributed by atoms with Gasteiger partial charge >= 0.3 is 0 Å². The summed E-state index contributed by atoms with van der Waals surface area (Å²) >= 11 is 0. The van der Waals surface area contributed by atoms with Gasteiger partial charge in [-0.05, 0) is 19.4 Å². The Morgan fingerprint density at radius 3 is 3.11 bits per heavy atom. The molecule has 3 N–H and O–H groups in total. The largest absolute Gasteiger partial charge is 0.387 e. The minimum atomic E-state index is -0.815. The minimum absolute atomic E-state index is 0.166. The quantitative estimate of drug-likeness (QED) is 0.671.